The second-order valence-electron chi connectivity index (χ2n) is 13.6. The van der Waals surface area contributed by atoms with E-state index in [1.807, 2.05) is 13.8 Å². The summed E-state index contributed by atoms with van der Waals surface area (Å²) < 4.78 is 93.8. The van der Waals surface area contributed by atoms with Crippen LogP contribution in [0.1, 0.15) is 97.5 Å². The van der Waals surface area contributed by atoms with Gasteiger partial charge in [-0.05, 0) is 52.3 Å². The quantitative estimate of drug-likeness (QED) is 0.298. The third kappa shape index (κ3) is 4.59. The minimum atomic E-state index is -4.56. The number of fused-ring (bicyclic) bond motifs is 4. The first-order valence-electron chi connectivity index (χ1n) is 14.1. The Morgan fingerprint density at radius 1 is 1.05 bits per heavy atom. The predicted octanol–water partition coefficient (Wildman–Crippen LogP) is 8.45. The van der Waals surface area contributed by atoms with Crippen LogP contribution in [0.15, 0.2) is 42.5 Å². The number of carbonyl (C=O) groups is 1. The highest BCUT2D eigenvalue weighted by molar-refractivity contribution is 5.79. The predicted molar refractivity (Wildman–Crippen MR) is 146 cm³/mol. The number of aromatic nitrogens is 1. The van der Waals surface area contributed by atoms with Gasteiger partial charge >= 0.3 is 12.1 Å². The van der Waals surface area contributed by atoms with Crippen molar-refractivity contribution < 1.29 is 41.0 Å². The van der Waals surface area contributed by atoms with Crippen LogP contribution in [0.3, 0.4) is 0 Å². The summed E-state index contributed by atoms with van der Waals surface area (Å²) >= 11 is 0. The number of nitrogens with zero attached hydrogens (tertiary/aromatic N) is 1. The average molecular weight is 604 g/mol. The van der Waals surface area contributed by atoms with Crippen molar-refractivity contribution in [3.8, 4) is 5.88 Å². The van der Waals surface area contributed by atoms with Gasteiger partial charge < -0.3 is 9.84 Å². The number of carboxylic acids is 1. The summed E-state index contributed by atoms with van der Waals surface area (Å²) in [4.78, 5) is 16.1. The maximum absolute atomic E-state index is 15.4. The fraction of sp³-hybridized carbons (Fsp3) is 0.455. The van der Waals surface area contributed by atoms with E-state index < -0.39 is 70.6 Å². The van der Waals surface area contributed by atoms with Crippen molar-refractivity contribution in [2.45, 2.75) is 82.4 Å². The monoisotopic (exact) mass is 603 g/mol. The first kappa shape index (κ1) is 29.5. The lowest BCUT2D eigenvalue weighted by atomic mass is 9.84. The average Bonchev–Trinajstić information content (AvgIpc) is 3.55. The van der Waals surface area contributed by atoms with Gasteiger partial charge in [-0.25, -0.2) is 18.2 Å². The summed E-state index contributed by atoms with van der Waals surface area (Å²) in [5.74, 6) is -9.46. The van der Waals surface area contributed by atoms with Gasteiger partial charge in [0.15, 0.2) is 0 Å². The molecule has 1 aromatic heterocycles. The third-order valence-corrected chi connectivity index (χ3v) is 9.22. The van der Waals surface area contributed by atoms with Crippen molar-refractivity contribution in [1.82, 2.24) is 4.98 Å². The van der Waals surface area contributed by atoms with Gasteiger partial charge in [0.05, 0.1) is 17.2 Å². The van der Waals surface area contributed by atoms with Gasteiger partial charge in [-0.15, -0.1) is 0 Å². The molecule has 43 heavy (non-hydrogen) atoms. The molecular formula is C33H31F6NO3. The van der Waals surface area contributed by atoms with E-state index in [9.17, 15) is 23.1 Å². The fourth-order valence-corrected chi connectivity index (χ4v) is 7.24. The van der Waals surface area contributed by atoms with E-state index in [1.165, 1.54) is 24.3 Å². The SMILES string of the molecule is CC(C)(C)c1nc(OCc2cc3c(cc2F)C(C)(C)CC3c2ccccc2C(F)(F)F)cc2c1[C@@H]1[C@@H](C(=O)O)[C@@H]1C2(F)F. The normalized spacial score (nSPS) is 24.7. The molecule has 0 spiro atoms. The zero-order valence-corrected chi connectivity index (χ0v) is 24.2. The standard InChI is InChI=1S/C33H31F6NO3/c1-30(2,3)28-24-21(32(35,36)27-25(24)26(27)29(41)42)12-23(40-28)43-14-15-10-17-18(13-31(4,5)20(17)11-22(15)34)16-8-6-7-9-19(16)33(37,38)39/h6-12,18,25-27H,13-14H2,1-5H3,(H,41,42)/t18?,25-,26-,27-/m1/s1. The molecule has 10 heteroatoms. The number of pyridine rings is 1. The fourth-order valence-electron chi connectivity index (χ4n) is 7.24. The largest absolute Gasteiger partial charge is 0.481 e. The molecule has 228 valence electrons. The lowest BCUT2D eigenvalue weighted by Crippen LogP contribution is -2.23. The minimum absolute atomic E-state index is 0.0612. The van der Waals surface area contributed by atoms with Crippen LogP contribution in [0.25, 0.3) is 0 Å². The second-order valence-corrected chi connectivity index (χ2v) is 13.6. The van der Waals surface area contributed by atoms with Crippen LogP contribution in [0, 0.1) is 17.7 Å². The van der Waals surface area contributed by atoms with Crippen LogP contribution < -0.4 is 4.74 Å². The van der Waals surface area contributed by atoms with Gasteiger partial charge in [0.2, 0.25) is 5.88 Å². The maximum atomic E-state index is 15.4. The molecule has 1 unspecified atom stereocenters. The first-order valence-corrected chi connectivity index (χ1v) is 14.1. The maximum Gasteiger partial charge on any atom is 0.416 e. The number of aliphatic carboxylic acids is 1. The summed E-state index contributed by atoms with van der Waals surface area (Å²) in [6.07, 6.45) is -4.22. The van der Waals surface area contributed by atoms with Gasteiger partial charge in [0.1, 0.15) is 12.4 Å². The van der Waals surface area contributed by atoms with Crippen LogP contribution in [-0.2, 0) is 34.3 Å². The van der Waals surface area contributed by atoms with Crippen LogP contribution in [0.5, 0.6) is 5.88 Å². The molecule has 4 atom stereocenters. The van der Waals surface area contributed by atoms with Crippen molar-refractivity contribution in [2.75, 3.05) is 0 Å². The zero-order chi connectivity index (χ0) is 31.4. The molecule has 3 aliphatic carbocycles. The van der Waals surface area contributed by atoms with Crippen LogP contribution >= 0.6 is 0 Å². The van der Waals surface area contributed by atoms with Gasteiger partial charge in [-0.2, -0.15) is 13.2 Å². The third-order valence-electron chi connectivity index (χ3n) is 9.22. The number of halogens is 6. The van der Waals surface area contributed by atoms with Gasteiger partial charge in [-0.3, -0.25) is 4.79 Å². The molecule has 0 saturated heterocycles. The van der Waals surface area contributed by atoms with E-state index in [4.69, 9.17) is 4.74 Å². The van der Waals surface area contributed by atoms with E-state index in [2.05, 4.69) is 4.98 Å². The molecule has 1 N–H and O–H groups in total. The number of benzene rings is 2. The number of rotatable bonds is 5. The van der Waals surface area contributed by atoms with Gasteiger partial charge in [0, 0.05) is 40.4 Å². The smallest absolute Gasteiger partial charge is 0.416 e. The molecule has 6 rings (SSSR count). The summed E-state index contributed by atoms with van der Waals surface area (Å²) in [7, 11) is 0. The van der Waals surface area contributed by atoms with E-state index in [0.29, 0.717) is 23.2 Å². The Labute approximate surface area is 245 Å². The lowest BCUT2D eigenvalue weighted by Gasteiger charge is -2.25. The molecule has 0 bridgehead atoms. The number of hydrogen-bond donors (Lipinski definition) is 1. The van der Waals surface area contributed by atoms with Gasteiger partial charge in [0.25, 0.3) is 5.92 Å². The number of alkyl halides is 5. The molecule has 1 heterocycles. The Kier molecular flexibility index (Phi) is 6.33. The molecule has 0 amide bonds. The summed E-state index contributed by atoms with van der Waals surface area (Å²) in [5.41, 5.74) is -0.510. The van der Waals surface area contributed by atoms with E-state index >= 15 is 13.2 Å². The van der Waals surface area contributed by atoms with E-state index in [0.717, 1.165) is 12.1 Å². The Bertz CT molecular complexity index is 1660. The molecule has 4 nitrogen and oxygen atoms in total. The van der Waals surface area contributed by atoms with Crippen LogP contribution in [0.2, 0.25) is 0 Å². The van der Waals surface area contributed by atoms with Crippen molar-refractivity contribution in [3.05, 3.63) is 92.9 Å². The Morgan fingerprint density at radius 2 is 1.72 bits per heavy atom. The molecule has 1 fully saturated rings. The molecule has 1 saturated carbocycles. The molecule has 0 radical (unpaired) electrons. The number of hydrogen-bond acceptors (Lipinski definition) is 3. The lowest BCUT2D eigenvalue weighted by molar-refractivity contribution is -0.141. The number of ether oxygens (including phenoxy) is 1. The molecular weight excluding hydrogens is 572 g/mol. The minimum Gasteiger partial charge on any atom is -0.481 e. The van der Waals surface area contributed by atoms with Crippen molar-refractivity contribution in [3.63, 3.8) is 0 Å². The molecule has 0 aliphatic heterocycles. The van der Waals surface area contributed by atoms with Crippen molar-refractivity contribution in [1.29, 1.82) is 0 Å². The van der Waals surface area contributed by atoms with E-state index in [1.54, 1.807) is 26.8 Å². The van der Waals surface area contributed by atoms with Crippen molar-refractivity contribution in [2.24, 2.45) is 11.8 Å². The molecule has 3 aromatic rings. The summed E-state index contributed by atoms with van der Waals surface area (Å²) in [5, 5.41) is 9.48. The summed E-state index contributed by atoms with van der Waals surface area (Å²) in [6, 6.07) is 9.31. The zero-order valence-electron chi connectivity index (χ0n) is 24.2. The van der Waals surface area contributed by atoms with Crippen LogP contribution in [0.4, 0.5) is 26.3 Å². The van der Waals surface area contributed by atoms with Crippen molar-refractivity contribution >= 4 is 5.97 Å². The number of carboxylic acid groups (broad SMARTS) is 1. The Morgan fingerprint density at radius 3 is 2.35 bits per heavy atom. The first-order chi connectivity index (χ1) is 19.8. The Balaban J connectivity index is 1.37. The van der Waals surface area contributed by atoms with Gasteiger partial charge in [-0.1, -0.05) is 52.8 Å². The second kappa shape index (κ2) is 9.22. The summed E-state index contributed by atoms with van der Waals surface area (Å²) in [6.45, 7) is 8.68. The topological polar surface area (TPSA) is 59.4 Å². The van der Waals surface area contributed by atoms with E-state index in [-0.39, 0.29) is 28.1 Å². The highest BCUT2D eigenvalue weighted by Gasteiger charge is 2.74. The highest BCUT2D eigenvalue weighted by Crippen LogP contribution is 2.72. The molecule has 2 aromatic carbocycles. The molecule has 3 aliphatic rings. The Hall–Kier alpha value is -3.56. The highest BCUT2D eigenvalue weighted by atomic mass is 19.4. The van der Waals surface area contributed by atoms with Crippen LogP contribution in [-0.4, -0.2) is 16.1 Å².